The average molecular weight is 502 g/mol. The molecule has 0 spiro atoms. The summed E-state index contributed by atoms with van der Waals surface area (Å²) in [5.74, 6) is -4.38. The fraction of sp³-hybridized carbons (Fsp3) is 0.409. The molecule has 7 nitrogen and oxygen atoms in total. The Bertz CT molecular complexity index is 1210. The predicted octanol–water partition coefficient (Wildman–Crippen LogP) is 2.53. The number of carbonyl (C=O) groups is 1. The Kier molecular flexibility index (Phi) is 6.25. The Morgan fingerprint density at radius 1 is 1.12 bits per heavy atom. The van der Waals surface area contributed by atoms with Gasteiger partial charge < -0.3 is 20.6 Å². The molecule has 0 radical (unpaired) electrons. The fourth-order valence-corrected chi connectivity index (χ4v) is 7.35. The molecule has 2 bridgehead atoms. The van der Waals surface area contributed by atoms with Crippen molar-refractivity contribution in [1.82, 2.24) is 0 Å². The van der Waals surface area contributed by atoms with Crippen molar-refractivity contribution in [2.24, 2.45) is 11.8 Å². The zero-order chi connectivity index (χ0) is 24.1. The first-order valence-electron chi connectivity index (χ1n) is 10.3. The predicted molar refractivity (Wildman–Crippen MR) is 116 cm³/mol. The van der Waals surface area contributed by atoms with Gasteiger partial charge in [-0.05, 0) is 55.5 Å². The van der Waals surface area contributed by atoms with Crippen molar-refractivity contribution >= 4 is 33.0 Å². The van der Waals surface area contributed by atoms with Crippen molar-refractivity contribution < 1.29 is 37.3 Å². The lowest BCUT2D eigenvalue weighted by Crippen LogP contribution is -2.51. The van der Waals surface area contributed by atoms with E-state index in [1.807, 2.05) is 0 Å². The minimum atomic E-state index is -4.07. The van der Waals surface area contributed by atoms with E-state index in [4.69, 9.17) is 11.6 Å². The molecule has 2 aliphatic carbocycles. The van der Waals surface area contributed by atoms with Gasteiger partial charge in [-0.2, -0.15) is 0 Å². The lowest BCUT2D eigenvalue weighted by Gasteiger charge is -2.41. The van der Waals surface area contributed by atoms with Gasteiger partial charge in [-0.3, -0.25) is 4.79 Å². The normalized spacial score (nSPS) is 29.2. The lowest BCUT2D eigenvalue weighted by molar-refractivity contribution is -0.106. The summed E-state index contributed by atoms with van der Waals surface area (Å²) in [6.45, 7) is -0.577. The molecule has 11 heteroatoms. The van der Waals surface area contributed by atoms with E-state index in [-0.39, 0.29) is 40.4 Å². The second kappa shape index (κ2) is 8.59. The fourth-order valence-electron chi connectivity index (χ4n) is 4.97. The van der Waals surface area contributed by atoms with E-state index in [1.165, 1.54) is 12.1 Å². The summed E-state index contributed by atoms with van der Waals surface area (Å²) in [5, 5.41) is 31.9. The Balaban J connectivity index is 1.61. The van der Waals surface area contributed by atoms with E-state index < -0.39 is 62.8 Å². The standard InChI is InChI=1S/C22H22ClF2NO6S/c23-16-3-1-11(21(29)26-13-2-4-17(24)18(25)8-13)5-20(16)33(31,32)14-6-12-7-19(28)15(9-14)22(12,30)10-27/h1-5,8,12,14-15,19,27-28,30H,6-7,9-10H2,(H,26,29)/t12?,14?,15-,19?,22-/m1/s1. The molecular weight excluding hydrogens is 480 g/mol. The third kappa shape index (κ3) is 4.15. The molecule has 178 valence electrons. The second-order valence-corrected chi connectivity index (χ2v) is 11.2. The molecular formula is C22H22ClF2NO6S. The van der Waals surface area contributed by atoms with Crippen molar-refractivity contribution in [1.29, 1.82) is 0 Å². The zero-order valence-electron chi connectivity index (χ0n) is 17.2. The monoisotopic (exact) mass is 501 g/mol. The summed E-state index contributed by atoms with van der Waals surface area (Å²) in [5.41, 5.74) is -1.62. The van der Waals surface area contributed by atoms with Crippen LogP contribution in [0.15, 0.2) is 41.3 Å². The number of anilines is 1. The summed E-state index contributed by atoms with van der Waals surface area (Å²) < 4.78 is 53.3. The summed E-state index contributed by atoms with van der Waals surface area (Å²) in [7, 11) is -4.07. The van der Waals surface area contributed by atoms with Crippen LogP contribution >= 0.6 is 11.6 Å². The Labute approximate surface area is 193 Å². The van der Waals surface area contributed by atoms with Gasteiger partial charge in [-0.25, -0.2) is 17.2 Å². The van der Waals surface area contributed by atoms with Crippen LogP contribution in [0.5, 0.6) is 0 Å². The zero-order valence-corrected chi connectivity index (χ0v) is 18.8. The molecule has 33 heavy (non-hydrogen) atoms. The number of carbonyl (C=O) groups excluding carboxylic acids is 1. The van der Waals surface area contributed by atoms with Crippen LogP contribution in [-0.2, 0) is 9.84 Å². The van der Waals surface area contributed by atoms with Crippen molar-refractivity contribution in [2.75, 3.05) is 11.9 Å². The molecule has 2 aliphatic rings. The maximum atomic E-state index is 13.4. The number of halogens is 3. The summed E-state index contributed by atoms with van der Waals surface area (Å²) in [6, 6.07) is 6.47. The SMILES string of the molecule is O=C(Nc1ccc(F)c(F)c1)c1ccc(Cl)c(S(=O)(=O)C2CC3CC(O)[C@@H](C2)[C@@]3(O)CO)c1. The Hall–Kier alpha value is -2.11. The van der Waals surface area contributed by atoms with Gasteiger partial charge in [0.05, 0.1) is 33.5 Å². The van der Waals surface area contributed by atoms with Crippen LogP contribution in [0, 0.1) is 23.5 Å². The molecule has 0 saturated heterocycles. The molecule has 2 fully saturated rings. The Morgan fingerprint density at radius 2 is 1.85 bits per heavy atom. The highest BCUT2D eigenvalue weighted by Crippen LogP contribution is 2.52. The molecule has 4 N–H and O–H groups in total. The van der Waals surface area contributed by atoms with E-state index >= 15 is 0 Å². The smallest absolute Gasteiger partial charge is 0.255 e. The number of sulfone groups is 1. The first-order chi connectivity index (χ1) is 15.5. The van der Waals surface area contributed by atoms with Gasteiger partial charge in [0.2, 0.25) is 0 Å². The highest BCUT2D eigenvalue weighted by molar-refractivity contribution is 7.92. The van der Waals surface area contributed by atoms with Crippen LogP contribution in [0.3, 0.4) is 0 Å². The van der Waals surface area contributed by atoms with Crippen molar-refractivity contribution in [3.8, 4) is 0 Å². The highest BCUT2D eigenvalue weighted by Gasteiger charge is 2.59. The number of fused-ring (bicyclic) bond motifs is 2. The van der Waals surface area contributed by atoms with Gasteiger partial charge in [0.25, 0.3) is 5.91 Å². The van der Waals surface area contributed by atoms with Crippen LogP contribution in [0.4, 0.5) is 14.5 Å². The van der Waals surface area contributed by atoms with Gasteiger partial charge >= 0.3 is 0 Å². The summed E-state index contributed by atoms with van der Waals surface area (Å²) in [6.07, 6.45) is -0.804. The van der Waals surface area contributed by atoms with Gasteiger partial charge in [-0.1, -0.05) is 11.6 Å². The van der Waals surface area contributed by atoms with Crippen LogP contribution < -0.4 is 5.32 Å². The van der Waals surface area contributed by atoms with Gasteiger partial charge in [0, 0.05) is 23.2 Å². The van der Waals surface area contributed by atoms with Crippen LogP contribution in [-0.4, -0.2) is 53.2 Å². The highest BCUT2D eigenvalue weighted by atomic mass is 35.5. The molecule has 0 aromatic heterocycles. The molecule has 2 aromatic rings. The van der Waals surface area contributed by atoms with Crippen LogP contribution in [0.25, 0.3) is 0 Å². The second-order valence-electron chi connectivity index (χ2n) is 8.62. The molecule has 5 atom stereocenters. The number of aliphatic hydroxyl groups is 3. The quantitative estimate of drug-likeness (QED) is 0.499. The van der Waals surface area contributed by atoms with Gasteiger partial charge in [-0.15, -0.1) is 0 Å². The number of hydrogen-bond donors (Lipinski definition) is 4. The minimum Gasteiger partial charge on any atom is -0.393 e. The maximum Gasteiger partial charge on any atom is 0.255 e. The first-order valence-corrected chi connectivity index (χ1v) is 12.2. The maximum absolute atomic E-state index is 13.4. The number of aliphatic hydroxyl groups excluding tert-OH is 2. The van der Waals surface area contributed by atoms with E-state index in [9.17, 15) is 37.3 Å². The van der Waals surface area contributed by atoms with Crippen LogP contribution in [0.1, 0.15) is 29.6 Å². The molecule has 4 rings (SSSR count). The molecule has 3 unspecified atom stereocenters. The average Bonchev–Trinajstić information content (AvgIpc) is 2.89. The van der Waals surface area contributed by atoms with E-state index in [0.29, 0.717) is 0 Å². The number of amides is 1. The molecule has 0 heterocycles. The lowest BCUT2D eigenvalue weighted by atomic mass is 9.74. The Morgan fingerprint density at radius 3 is 2.48 bits per heavy atom. The van der Waals surface area contributed by atoms with Crippen molar-refractivity contribution in [2.45, 2.75) is 41.1 Å². The van der Waals surface area contributed by atoms with Gasteiger partial charge in [0.15, 0.2) is 21.5 Å². The minimum absolute atomic E-state index is 0.0145. The number of rotatable bonds is 5. The number of benzene rings is 2. The first kappa shape index (κ1) is 24.0. The topological polar surface area (TPSA) is 124 Å². The van der Waals surface area contributed by atoms with E-state index in [2.05, 4.69) is 5.32 Å². The third-order valence-corrected chi connectivity index (χ3v) is 9.43. The summed E-state index contributed by atoms with van der Waals surface area (Å²) >= 11 is 6.16. The number of hydrogen-bond acceptors (Lipinski definition) is 6. The molecule has 0 aliphatic heterocycles. The van der Waals surface area contributed by atoms with Crippen molar-refractivity contribution in [3.05, 3.63) is 58.6 Å². The third-order valence-electron chi connectivity index (χ3n) is 6.77. The summed E-state index contributed by atoms with van der Waals surface area (Å²) in [4.78, 5) is 12.3. The van der Waals surface area contributed by atoms with E-state index in [1.54, 1.807) is 0 Å². The molecule has 1 amide bonds. The largest absolute Gasteiger partial charge is 0.393 e. The van der Waals surface area contributed by atoms with E-state index in [0.717, 1.165) is 24.3 Å². The van der Waals surface area contributed by atoms with Gasteiger partial charge in [0.1, 0.15) is 0 Å². The van der Waals surface area contributed by atoms with Crippen molar-refractivity contribution in [3.63, 3.8) is 0 Å². The number of nitrogens with one attached hydrogen (secondary N) is 1. The molecule has 2 aromatic carbocycles. The molecule has 2 saturated carbocycles. The van der Waals surface area contributed by atoms with Crippen LogP contribution in [0.2, 0.25) is 5.02 Å².